The first kappa shape index (κ1) is 17.3. The Morgan fingerprint density at radius 1 is 1.15 bits per heavy atom. The fourth-order valence-corrected chi connectivity index (χ4v) is 3.31. The van der Waals surface area contributed by atoms with E-state index in [2.05, 4.69) is 0 Å². The van der Waals surface area contributed by atoms with Gasteiger partial charge in [0.05, 0.1) is 5.02 Å². The lowest BCUT2D eigenvalue weighted by atomic mass is 10.1. The maximum absolute atomic E-state index is 12.7. The van der Waals surface area contributed by atoms with Crippen molar-refractivity contribution in [1.82, 2.24) is 4.90 Å². The summed E-state index contributed by atoms with van der Waals surface area (Å²) in [5.41, 5.74) is 1.86. The topological polar surface area (TPSA) is 38.8 Å². The Bertz CT molecular complexity index is 860. The normalized spacial score (nSPS) is 15.5. The number of ether oxygens (including phenoxy) is 2. The molecule has 0 atom stereocenters. The molecule has 0 bridgehead atoms. The Balaban J connectivity index is 1.49. The van der Waals surface area contributed by atoms with Gasteiger partial charge in [0.1, 0.15) is 0 Å². The average molecular weight is 390 g/mol. The number of hydrogen-bond donors (Lipinski definition) is 0. The van der Waals surface area contributed by atoms with Crippen LogP contribution in [0, 0.1) is 0 Å². The molecule has 0 spiro atoms. The van der Waals surface area contributed by atoms with Crippen molar-refractivity contribution in [1.29, 1.82) is 0 Å². The number of carbonyl (C=O) groups excluding carboxylic acids is 1. The highest BCUT2D eigenvalue weighted by atomic mass is 35.5. The second-order valence-corrected chi connectivity index (χ2v) is 7.24. The van der Waals surface area contributed by atoms with Crippen molar-refractivity contribution in [2.75, 3.05) is 6.79 Å². The van der Waals surface area contributed by atoms with Gasteiger partial charge in [-0.3, -0.25) is 4.79 Å². The van der Waals surface area contributed by atoms with Crippen molar-refractivity contribution < 1.29 is 14.3 Å². The molecule has 134 valence electrons. The van der Waals surface area contributed by atoms with E-state index in [1.54, 1.807) is 18.2 Å². The summed E-state index contributed by atoms with van der Waals surface area (Å²) < 4.78 is 10.7. The minimum Gasteiger partial charge on any atom is -0.454 e. The maximum atomic E-state index is 12.7. The van der Waals surface area contributed by atoms with E-state index in [1.165, 1.54) is 0 Å². The number of rotatable bonds is 5. The molecule has 0 N–H and O–H groups in total. The van der Waals surface area contributed by atoms with E-state index in [0.29, 0.717) is 34.1 Å². The standard InChI is InChI=1S/C20H17Cl2NO3/c21-15-4-1-13(2-5-15)11-23(16-6-7-16)19(24)8-3-14-9-17(22)20-18(10-14)25-12-26-20/h1-5,8-10,16H,6-7,11-12H2/b8-3+. The van der Waals surface area contributed by atoms with Gasteiger partial charge in [-0.15, -0.1) is 0 Å². The molecular weight excluding hydrogens is 373 g/mol. The van der Waals surface area contributed by atoms with Gasteiger partial charge in [-0.1, -0.05) is 35.3 Å². The van der Waals surface area contributed by atoms with Crippen LogP contribution >= 0.6 is 23.2 Å². The summed E-state index contributed by atoms with van der Waals surface area (Å²) in [6, 6.07) is 11.5. The van der Waals surface area contributed by atoms with Gasteiger partial charge >= 0.3 is 0 Å². The molecule has 0 saturated heterocycles. The number of carbonyl (C=O) groups is 1. The van der Waals surface area contributed by atoms with E-state index < -0.39 is 0 Å². The summed E-state index contributed by atoms with van der Waals surface area (Å²) in [6.07, 6.45) is 5.43. The molecule has 2 aliphatic rings. The van der Waals surface area contributed by atoms with E-state index in [1.807, 2.05) is 35.2 Å². The molecule has 0 unspecified atom stereocenters. The predicted octanol–water partition coefficient (Wildman–Crippen LogP) is 4.93. The van der Waals surface area contributed by atoms with Crippen LogP contribution < -0.4 is 9.47 Å². The Kier molecular flexibility index (Phi) is 4.79. The van der Waals surface area contributed by atoms with E-state index in [0.717, 1.165) is 24.0 Å². The molecule has 6 heteroatoms. The fraction of sp³-hybridized carbons (Fsp3) is 0.250. The van der Waals surface area contributed by atoms with Crippen LogP contribution in [-0.2, 0) is 11.3 Å². The van der Waals surface area contributed by atoms with E-state index in [4.69, 9.17) is 32.7 Å². The summed E-state index contributed by atoms with van der Waals surface area (Å²) in [4.78, 5) is 14.6. The Hall–Kier alpha value is -2.17. The van der Waals surface area contributed by atoms with Crippen molar-refractivity contribution in [3.05, 3.63) is 63.6 Å². The average Bonchev–Trinajstić information content (AvgIpc) is 3.36. The molecule has 1 fully saturated rings. The third-order valence-electron chi connectivity index (χ3n) is 4.40. The molecule has 1 heterocycles. The van der Waals surface area contributed by atoms with Gasteiger partial charge in [-0.2, -0.15) is 0 Å². The minimum absolute atomic E-state index is 0.0174. The Morgan fingerprint density at radius 2 is 1.92 bits per heavy atom. The van der Waals surface area contributed by atoms with Gasteiger partial charge in [-0.05, 0) is 54.3 Å². The smallest absolute Gasteiger partial charge is 0.247 e. The zero-order chi connectivity index (χ0) is 18.1. The molecule has 0 aromatic heterocycles. The second kappa shape index (κ2) is 7.22. The van der Waals surface area contributed by atoms with Crippen molar-refractivity contribution in [3.8, 4) is 11.5 Å². The van der Waals surface area contributed by atoms with Crippen molar-refractivity contribution in [2.45, 2.75) is 25.4 Å². The third-order valence-corrected chi connectivity index (χ3v) is 4.94. The molecule has 2 aromatic carbocycles. The largest absolute Gasteiger partial charge is 0.454 e. The van der Waals surface area contributed by atoms with Gasteiger partial charge in [0.15, 0.2) is 11.5 Å². The van der Waals surface area contributed by atoms with Gasteiger partial charge in [0.2, 0.25) is 12.7 Å². The zero-order valence-electron chi connectivity index (χ0n) is 14.0. The first-order chi connectivity index (χ1) is 12.6. The molecule has 4 nitrogen and oxygen atoms in total. The van der Waals surface area contributed by atoms with Gasteiger partial charge in [0, 0.05) is 23.7 Å². The van der Waals surface area contributed by atoms with E-state index in [9.17, 15) is 4.79 Å². The van der Waals surface area contributed by atoms with Crippen molar-refractivity contribution in [3.63, 3.8) is 0 Å². The first-order valence-electron chi connectivity index (χ1n) is 8.42. The highest BCUT2D eigenvalue weighted by Crippen LogP contribution is 2.40. The summed E-state index contributed by atoms with van der Waals surface area (Å²) >= 11 is 12.1. The highest BCUT2D eigenvalue weighted by Gasteiger charge is 2.31. The molecule has 1 aliphatic heterocycles. The van der Waals surface area contributed by atoms with Crippen LogP contribution in [0.1, 0.15) is 24.0 Å². The molecule has 4 rings (SSSR count). The summed E-state index contributed by atoms with van der Waals surface area (Å²) in [6.45, 7) is 0.741. The molecule has 1 saturated carbocycles. The summed E-state index contributed by atoms with van der Waals surface area (Å²) in [7, 11) is 0. The van der Waals surface area contributed by atoms with Gasteiger partial charge in [0.25, 0.3) is 0 Å². The lowest BCUT2D eigenvalue weighted by Crippen LogP contribution is -2.31. The number of hydrogen-bond acceptors (Lipinski definition) is 3. The van der Waals surface area contributed by atoms with E-state index in [-0.39, 0.29) is 12.7 Å². The molecule has 1 aliphatic carbocycles. The van der Waals surface area contributed by atoms with Crippen molar-refractivity contribution in [2.24, 2.45) is 0 Å². The van der Waals surface area contributed by atoms with Crippen LogP contribution in [0.4, 0.5) is 0 Å². The molecule has 2 aromatic rings. The third kappa shape index (κ3) is 3.81. The van der Waals surface area contributed by atoms with Crippen LogP contribution in [0.25, 0.3) is 6.08 Å². The van der Waals surface area contributed by atoms with Crippen LogP contribution in [0.15, 0.2) is 42.5 Å². The molecule has 1 amide bonds. The first-order valence-corrected chi connectivity index (χ1v) is 9.18. The lowest BCUT2D eigenvalue weighted by molar-refractivity contribution is -0.127. The van der Waals surface area contributed by atoms with Crippen LogP contribution in [-0.4, -0.2) is 23.6 Å². The molecule has 0 radical (unpaired) electrons. The Morgan fingerprint density at radius 3 is 2.65 bits per heavy atom. The summed E-state index contributed by atoms with van der Waals surface area (Å²) in [5.74, 6) is 1.14. The number of benzene rings is 2. The highest BCUT2D eigenvalue weighted by molar-refractivity contribution is 6.32. The minimum atomic E-state index is -0.0174. The quantitative estimate of drug-likeness (QED) is 0.680. The Labute approximate surface area is 161 Å². The fourth-order valence-electron chi connectivity index (χ4n) is 2.91. The molecule has 26 heavy (non-hydrogen) atoms. The molecular formula is C20H17Cl2NO3. The number of fused-ring (bicyclic) bond motifs is 1. The number of amides is 1. The predicted molar refractivity (Wildman–Crippen MR) is 102 cm³/mol. The lowest BCUT2D eigenvalue weighted by Gasteiger charge is -2.21. The summed E-state index contributed by atoms with van der Waals surface area (Å²) in [5, 5.41) is 1.17. The number of nitrogens with zero attached hydrogens (tertiary/aromatic N) is 1. The van der Waals surface area contributed by atoms with Gasteiger partial charge < -0.3 is 14.4 Å². The van der Waals surface area contributed by atoms with Gasteiger partial charge in [-0.25, -0.2) is 0 Å². The zero-order valence-corrected chi connectivity index (χ0v) is 15.5. The van der Waals surface area contributed by atoms with Crippen molar-refractivity contribution >= 4 is 35.2 Å². The maximum Gasteiger partial charge on any atom is 0.247 e. The van der Waals surface area contributed by atoms with Crippen LogP contribution in [0.5, 0.6) is 11.5 Å². The second-order valence-electron chi connectivity index (χ2n) is 6.39. The SMILES string of the molecule is O=C(/C=C/c1cc(Cl)c2c(c1)OCO2)N(Cc1ccc(Cl)cc1)C1CC1. The van der Waals surface area contributed by atoms with Crippen LogP contribution in [0.2, 0.25) is 10.0 Å². The monoisotopic (exact) mass is 389 g/mol. The van der Waals surface area contributed by atoms with Crippen LogP contribution in [0.3, 0.4) is 0 Å². The number of halogens is 2. The van der Waals surface area contributed by atoms with E-state index >= 15 is 0 Å².